The Balaban J connectivity index is 3.17. The Hall–Kier alpha value is 1.08. The predicted octanol–water partition coefficient (Wildman–Crippen LogP) is 2.42. The zero-order valence-electron chi connectivity index (χ0n) is 4.49. The lowest BCUT2D eigenvalue weighted by atomic mass is 11.0. The van der Waals surface area contributed by atoms with E-state index in [1.165, 1.54) is 5.75 Å². The van der Waals surface area contributed by atoms with Gasteiger partial charge in [-0.2, -0.15) is 7.20 Å². The van der Waals surface area contributed by atoms with Gasteiger partial charge in [0.15, 0.2) is 0 Å². The van der Waals surface area contributed by atoms with E-state index in [2.05, 4.69) is 40.6 Å². The number of rotatable bonds is 1. The summed E-state index contributed by atoms with van der Waals surface area (Å²) in [5.41, 5.74) is 0. The van der Waals surface area contributed by atoms with E-state index >= 15 is 0 Å². The molecule has 0 aliphatic rings. The lowest BCUT2D eigenvalue weighted by Gasteiger charge is -2.18. The highest BCUT2D eigenvalue weighted by Crippen LogP contribution is 2.47. The van der Waals surface area contributed by atoms with Crippen LogP contribution in [0.5, 0.6) is 0 Å². The van der Waals surface area contributed by atoms with Gasteiger partial charge in [0.1, 0.15) is 0 Å². The zero-order valence-corrected chi connectivity index (χ0v) is 7.47. The molecule has 0 rings (SSSR count). The summed E-state index contributed by atoms with van der Waals surface area (Å²) in [5.74, 6) is 1.34. The van der Waals surface area contributed by atoms with Crippen LogP contribution in [0.3, 0.4) is 0 Å². The van der Waals surface area contributed by atoms with Crippen molar-refractivity contribution in [2.75, 3.05) is 18.3 Å². The van der Waals surface area contributed by atoms with Gasteiger partial charge < -0.3 is 0 Å². The van der Waals surface area contributed by atoms with E-state index in [9.17, 15) is 0 Å². The molecule has 0 heterocycles. The Morgan fingerprint density at radius 2 is 1.67 bits per heavy atom. The SMILES string of the molecule is CCS(C)(C)I. The van der Waals surface area contributed by atoms with Crippen LogP contribution in [-0.2, 0) is 0 Å². The lowest BCUT2D eigenvalue weighted by molar-refractivity contribution is 1.51. The summed E-state index contributed by atoms with van der Waals surface area (Å²) in [6.07, 6.45) is 4.63. The molecule has 0 radical (unpaired) electrons. The Morgan fingerprint density at radius 3 is 1.67 bits per heavy atom. The van der Waals surface area contributed by atoms with Gasteiger partial charge in [0, 0.05) is 0 Å². The van der Waals surface area contributed by atoms with Crippen molar-refractivity contribution < 1.29 is 0 Å². The smallest absolute Gasteiger partial charge is 0.0177 e. The van der Waals surface area contributed by atoms with Crippen LogP contribution in [0.2, 0.25) is 0 Å². The van der Waals surface area contributed by atoms with Crippen molar-refractivity contribution in [3.63, 3.8) is 0 Å². The van der Waals surface area contributed by atoms with E-state index in [4.69, 9.17) is 0 Å². The minimum Gasteiger partial charge on any atom is -0.193 e. The molecular weight excluding hydrogens is 207 g/mol. The maximum absolute atomic E-state index is 2.52. The molecule has 0 aromatic carbocycles. The fourth-order valence-electron chi connectivity index (χ4n) is 0. The van der Waals surface area contributed by atoms with E-state index in [0.717, 1.165) is 0 Å². The second-order valence-electron chi connectivity index (χ2n) is 1.69. The second kappa shape index (κ2) is 2.40. The molecule has 0 unspecified atom stereocenters. The Bertz CT molecular complexity index is 37.3. The second-order valence-corrected chi connectivity index (χ2v) is 12.2. The van der Waals surface area contributed by atoms with Gasteiger partial charge in [-0.3, -0.25) is 0 Å². The first-order chi connectivity index (χ1) is 2.56. The minimum atomic E-state index is -0.192. The van der Waals surface area contributed by atoms with Crippen LogP contribution in [0.25, 0.3) is 0 Å². The van der Waals surface area contributed by atoms with Crippen LogP contribution in [-0.4, -0.2) is 18.3 Å². The van der Waals surface area contributed by atoms with Gasteiger partial charge in [-0.1, -0.05) is 6.92 Å². The van der Waals surface area contributed by atoms with Gasteiger partial charge in [0.05, 0.1) is 0 Å². The molecule has 40 valence electrons. The van der Waals surface area contributed by atoms with Crippen LogP contribution >= 0.6 is 28.4 Å². The molecule has 0 bridgehead atoms. The monoisotopic (exact) mass is 218 g/mol. The maximum Gasteiger partial charge on any atom is -0.0177 e. The molecule has 0 aliphatic heterocycles. The molecule has 0 aromatic heterocycles. The van der Waals surface area contributed by atoms with Gasteiger partial charge in [0.2, 0.25) is 0 Å². The molecule has 0 aromatic rings. The van der Waals surface area contributed by atoms with Crippen LogP contribution in [0, 0.1) is 0 Å². The van der Waals surface area contributed by atoms with Gasteiger partial charge in [0.25, 0.3) is 0 Å². The van der Waals surface area contributed by atoms with Gasteiger partial charge in [-0.05, 0) is 39.5 Å². The molecule has 6 heavy (non-hydrogen) atoms. The first-order valence-electron chi connectivity index (χ1n) is 1.97. The summed E-state index contributed by atoms with van der Waals surface area (Å²) in [4.78, 5) is 0. The fraction of sp³-hybridized carbons (Fsp3) is 1.00. The first-order valence-corrected chi connectivity index (χ1v) is 7.13. The molecule has 2 heteroatoms. The lowest BCUT2D eigenvalue weighted by Crippen LogP contribution is -1.83. The number of hydrogen-bond donors (Lipinski definition) is 0. The summed E-state index contributed by atoms with van der Waals surface area (Å²) in [7, 11) is -0.192. The molecule has 0 fully saturated rings. The number of halogens is 1. The summed E-state index contributed by atoms with van der Waals surface area (Å²) >= 11 is 2.52. The van der Waals surface area contributed by atoms with Crippen LogP contribution in [0.4, 0.5) is 0 Å². The third-order valence-electron chi connectivity index (χ3n) is 0.686. The van der Waals surface area contributed by atoms with Crippen molar-refractivity contribution in [1.82, 2.24) is 0 Å². The topological polar surface area (TPSA) is 0 Å². The van der Waals surface area contributed by atoms with E-state index in [1.807, 2.05) is 0 Å². The largest absolute Gasteiger partial charge is 0.193 e. The number of hydrogen-bond acceptors (Lipinski definition) is 0. The van der Waals surface area contributed by atoms with Crippen LogP contribution in [0.15, 0.2) is 0 Å². The van der Waals surface area contributed by atoms with Crippen molar-refractivity contribution in [2.24, 2.45) is 0 Å². The summed E-state index contributed by atoms with van der Waals surface area (Å²) < 4.78 is 0. The quantitative estimate of drug-likeness (QED) is 0.593. The highest BCUT2D eigenvalue weighted by molar-refractivity contribution is 14.2. The average molecular weight is 218 g/mol. The molecule has 0 amide bonds. The summed E-state index contributed by atoms with van der Waals surface area (Å²) in [6.45, 7) is 2.24. The van der Waals surface area contributed by atoms with E-state index in [0.29, 0.717) is 0 Å². The highest BCUT2D eigenvalue weighted by Gasteiger charge is 1.98. The van der Waals surface area contributed by atoms with Crippen molar-refractivity contribution in [1.29, 1.82) is 0 Å². The first kappa shape index (κ1) is 7.08. The van der Waals surface area contributed by atoms with Gasteiger partial charge in [-0.25, -0.2) is 0 Å². The molecule has 0 nitrogen and oxygen atoms in total. The van der Waals surface area contributed by atoms with E-state index < -0.39 is 0 Å². The normalized spacial score (nSPS) is 14.7. The summed E-state index contributed by atoms with van der Waals surface area (Å²) in [5, 5.41) is 0. The Morgan fingerprint density at radius 1 is 1.50 bits per heavy atom. The molecule has 0 aliphatic carbocycles. The van der Waals surface area contributed by atoms with Crippen LogP contribution in [0.1, 0.15) is 6.92 Å². The standard InChI is InChI=1S/C4H11IS/c1-4-6(2,3)5/h4H2,1-3H3. The van der Waals surface area contributed by atoms with Crippen molar-refractivity contribution in [3.8, 4) is 0 Å². The van der Waals surface area contributed by atoms with Crippen molar-refractivity contribution in [3.05, 3.63) is 0 Å². The third kappa shape index (κ3) is 5.08. The third-order valence-corrected chi connectivity index (χ3v) is 3.93. The maximum atomic E-state index is 2.52. The van der Waals surface area contributed by atoms with E-state index in [-0.39, 0.29) is 7.20 Å². The van der Waals surface area contributed by atoms with Crippen molar-refractivity contribution in [2.45, 2.75) is 6.92 Å². The average Bonchev–Trinajstić information content (AvgIpc) is 1.35. The van der Waals surface area contributed by atoms with E-state index in [1.54, 1.807) is 0 Å². The van der Waals surface area contributed by atoms with Gasteiger partial charge in [-0.15, -0.1) is 0 Å². The highest BCUT2D eigenvalue weighted by atomic mass is 127. The molecule has 0 saturated carbocycles. The summed E-state index contributed by atoms with van der Waals surface area (Å²) in [6, 6.07) is 0. The predicted molar refractivity (Wildman–Crippen MR) is 44.0 cm³/mol. The Kier molecular flexibility index (Phi) is 2.84. The van der Waals surface area contributed by atoms with Gasteiger partial charge >= 0.3 is 0 Å². The Labute approximate surface area is 53.6 Å². The van der Waals surface area contributed by atoms with Crippen LogP contribution < -0.4 is 0 Å². The molecule has 0 N–H and O–H groups in total. The molecule has 0 atom stereocenters. The zero-order chi connectivity index (χ0) is 5.21. The fourth-order valence-corrected chi connectivity index (χ4v) is 0. The molecule has 0 saturated heterocycles. The molecule has 0 spiro atoms. The van der Waals surface area contributed by atoms with Crippen molar-refractivity contribution >= 4 is 28.4 Å². The molecular formula is C4H11IS. The minimum absolute atomic E-state index is 0.192.